The molecule has 0 fully saturated rings. The predicted octanol–water partition coefficient (Wildman–Crippen LogP) is 3.16. The summed E-state index contributed by atoms with van der Waals surface area (Å²) in [6.45, 7) is 0. The first-order valence-electron chi connectivity index (χ1n) is 7.84. The summed E-state index contributed by atoms with van der Waals surface area (Å²) in [7, 11) is -3.75. The number of carbonyl (C=O) groups is 2. The summed E-state index contributed by atoms with van der Waals surface area (Å²) in [6, 6.07) is 14.2. The molecule has 0 aliphatic heterocycles. The number of thiazole rings is 1. The first-order valence-corrected chi connectivity index (χ1v) is 10.2. The lowest BCUT2D eigenvalue weighted by atomic mass is 10.1. The molecule has 0 aliphatic carbocycles. The second-order valence-electron chi connectivity index (χ2n) is 5.48. The molecule has 7 nitrogen and oxygen atoms in total. The van der Waals surface area contributed by atoms with Crippen molar-refractivity contribution in [2.75, 3.05) is 10.0 Å². The summed E-state index contributed by atoms with van der Waals surface area (Å²) in [4.78, 5) is 28.0. The molecule has 0 unspecified atom stereocenters. The maximum Gasteiger partial charge on any atom is 0.263 e. The van der Waals surface area contributed by atoms with Gasteiger partial charge in [0.1, 0.15) is 0 Å². The maximum atomic E-state index is 12.3. The van der Waals surface area contributed by atoms with Crippen molar-refractivity contribution in [3.05, 3.63) is 71.7 Å². The van der Waals surface area contributed by atoms with Crippen LogP contribution in [0.4, 0.5) is 10.8 Å². The minimum absolute atomic E-state index is 0.0380. The van der Waals surface area contributed by atoms with E-state index in [0.29, 0.717) is 11.3 Å². The zero-order valence-electron chi connectivity index (χ0n) is 14.0. The van der Waals surface area contributed by atoms with Gasteiger partial charge in [-0.15, -0.1) is 11.3 Å². The molecule has 27 heavy (non-hydrogen) atoms. The van der Waals surface area contributed by atoms with Crippen molar-refractivity contribution in [1.82, 2.24) is 4.98 Å². The highest BCUT2D eigenvalue weighted by molar-refractivity contribution is 7.93. The predicted molar refractivity (Wildman–Crippen MR) is 103 cm³/mol. The Morgan fingerprint density at radius 1 is 1.00 bits per heavy atom. The number of anilines is 2. The van der Waals surface area contributed by atoms with Crippen molar-refractivity contribution in [2.24, 2.45) is 0 Å². The molecule has 3 rings (SSSR count). The van der Waals surface area contributed by atoms with Gasteiger partial charge in [0.15, 0.2) is 10.9 Å². The summed E-state index contributed by atoms with van der Waals surface area (Å²) >= 11 is 1.17. The highest BCUT2D eigenvalue weighted by Gasteiger charge is 2.16. The molecule has 1 aromatic heterocycles. The lowest BCUT2D eigenvalue weighted by Gasteiger charge is -2.08. The monoisotopic (exact) mass is 401 g/mol. The fourth-order valence-corrected chi connectivity index (χ4v) is 4.03. The molecule has 0 radical (unpaired) electrons. The van der Waals surface area contributed by atoms with Gasteiger partial charge in [-0.2, -0.15) is 0 Å². The van der Waals surface area contributed by atoms with E-state index >= 15 is 0 Å². The van der Waals surface area contributed by atoms with Crippen LogP contribution in [-0.2, 0) is 14.8 Å². The summed E-state index contributed by atoms with van der Waals surface area (Å²) in [5.41, 5.74) is 0.858. The van der Waals surface area contributed by atoms with Gasteiger partial charge in [0.05, 0.1) is 11.3 Å². The van der Waals surface area contributed by atoms with Gasteiger partial charge in [-0.05, 0) is 24.3 Å². The van der Waals surface area contributed by atoms with E-state index in [2.05, 4.69) is 15.0 Å². The topological polar surface area (TPSA) is 105 Å². The number of sulfonamides is 1. The van der Waals surface area contributed by atoms with Crippen LogP contribution in [0.3, 0.4) is 0 Å². The van der Waals surface area contributed by atoms with Crippen LogP contribution < -0.4 is 10.0 Å². The zero-order chi connectivity index (χ0) is 19.3. The van der Waals surface area contributed by atoms with Crippen LogP contribution in [0.1, 0.15) is 16.8 Å². The van der Waals surface area contributed by atoms with Gasteiger partial charge in [0.2, 0.25) is 5.91 Å². The number of nitrogens with one attached hydrogen (secondary N) is 2. The second kappa shape index (κ2) is 8.11. The van der Waals surface area contributed by atoms with E-state index in [1.807, 2.05) is 0 Å². The molecule has 0 aliphatic rings. The van der Waals surface area contributed by atoms with E-state index < -0.39 is 15.9 Å². The summed E-state index contributed by atoms with van der Waals surface area (Å²) in [5, 5.41) is 4.51. The number of Topliss-reactive ketones (excluding diaryl/α,β-unsaturated/α-hetero) is 1. The van der Waals surface area contributed by atoms with E-state index in [0.717, 1.165) is 0 Å². The lowest BCUT2D eigenvalue weighted by molar-refractivity contribution is -0.115. The molecular weight excluding hydrogens is 386 g/mol. The van der Waals surface area contributed by atoms with Crippen molar-refractivity contribution >= 4 is 43.9 Å². The minimum atomic E-state index is -3.75. The maximum absolute atomic E-state index is 12.3. The van der Waals surface area contributed by atoms with Crippen LogP contribution in [0.2, 0.25) is 0 Å². The van der Waals surface area contributed by atoms with Crippen LogP contribution in [0.15, 0.2) is 71.1 Å². The zero-order valence-corrected chi connectivity index (χ0v) is 15.6. The Balaban J connectivity index is 1.62. The third-order valence-corrected chi connectivity index (χ3v) is 5.69. The highest BCUT2D eigenvalue weighted by Crippen LogP contribution is 2.19. The third kappa shape index (κ3) is 4.99. The minimum Gasteiger partial charge on any atom is -0.326 e. The van der Waals surface area contributed by atoms with Gasteiger partial charge in [-0.3, -0.25) is 14.3 Å². The molecule has 138 valence electrons. The smallest absolute Gasteiger partial charge is 0.263 e. The molecule has 0 saturated carbocycles. The molecule has 2 N–H and O–H groups in total. The first-order chi connectivity index (χ1) is 12.9. The largest absolute Gasteiger partial charge is 0.326 e. The van der Waals surface area contributed by atoms with Crippen molar-refractivity contribution in [3.63, 3.8) is 0 Å². The lowest BCUT2D eigenvalue weighted by Crippen LogP contribution is -2.17. The SMILES string of the molecule is O=C(CC(=O)c1ccccc1)Nc1ccc(S(=O)(=O)Nc2nccs2)cc1. The molecule has 9 heteroatoms. The van der Waals surface area contributed by atoms with Gasteiger partial charge in [0, 0.05) is 22.8 Å². The Bertz CT molecular complexity index is 1030. The van der Waals surface area contributed by atoms with Crippen LogP contribution >= 0.6 is 11.3 Å². The summed E-state index contributed by atoms with van der Waals surface area (Å²) < 4.78 is 26.9. The van der Waals surface area contributed by atoms with Gasteiger partial charge in [-0.1, -0.05) is 30.3 Å². The number of rotatable bonds is 7. The average molecular weight is 401 g/mol. The van der Waals surface area contributed by atoms with Gasteiger partial charge in [-0.25, -0.2) is 13.4 Å². The van der Waals surface area contributed by atoms with Crippen LogP contribution in [0.25, 0.3) is 0 Å². The van der Waals surface area contributed by atoms with Gasteiger partial charge < -0.3 is 5.32 Å². The standard InChI is InChI=1S/C18H15N3O4S2/c22-16(13-4-2-1-3-5-13)12-17(23)20-14-6-8-15(9-7-14)27(24,25)21-18-19-10-11-26-18/h1-11H,12H2,(H,19,21)(H,20,23). The third-order valence-electron chi connectivity index (χ3n) is 3.52. The van der Waals surface area contributed by atoms with Gasteiger partial charge in [0.25, 0.3) is 10.0 Å². The number of hydrogen-bond acceptors (Lipinski definition) is 6. The number of amides is 1. The number of benzene rings is 2. The van der Waals surface area contributed by atoms with E-state index in [1.165, 1.54) is 41.8 Å². The second-order valence-corrected chi connectivity index (χ2v) is 8.06. The van der Waals surface area contributed by atoms with Crippen molar-refractivity contribution in [2.45, 2.75) is 11.3 Å². The number of nitrogens with zero attached hydrogens (tertiary/aromatic N) is 1. The van der Waals surface area contributed by atoms with Gasteiger partial charge >= 0.3 is 0 Å². The highest BCUT2D eigenvalue weighted by atomic mass is 32.2. The van der Waals surface area contributed by atoms with E-state index in [9.17, 15) is 18.0 Å². The number of hydrogen-bond donors (Lipinski definition) is 2. The van der Waals surface area contributed by atoms with E-state index in [1.54, 1.807) is 35.7 Å². The molecule has 0 spiro atoms. The molecule has 1 heterocycles. The Morgan fingerprint density at radius 3 is 2.33 bits per heavy atom. The van der Waals surface area contributed by atoms with Crippen LogP contribution in [-0.4, -0.2) is 25.1 Å². The number of aromatic nitrogens is 1. The molecule has 0 saturated heterocycles. The fourth-order valence-electron chi connectivity index (χ4n) is 2.24. The number of carbonyl (C=O) groups excluding carboxylic acids is 2. The molecule has 0 bridgehead atoms. The summed E-state index contributed by atoms with van der Waals surface area (Å²) in [6.07, 6.45) is 1.20. The number of ketones is 1. The average Bonchev–Trinajstić information content (AvgIpc) is 3.15. The quantitative estimate of drug-likeness (QED) is 0.467. The normalized spacial score (nSPS) is 11.0. The Labute approximate surface area is 160 Å². The Morgan fingerprint density at radius 2 is 1.70 bits per heavy atom. The Hall–Kier alpha value is -3.04. The van der Waals surface area contributed by atoms with Crippen molar-refractivity contribution in [1.29, 1.82) is 0 Å². The Kier molecular flexibility index (Phi) is 5.63. The molecule has 0 atom stereocenters. The van der Waals surface area contributed by atoms with Crippen LogP contribution in [0, 0.1) is 0 Å². The van der Waals surface area contributed by atoms with Crippen LogP contribution in [0.5, 0.6) is 0 Å². The molecule has 3 aromatic rings. The molecule has 2 aromatic carbocycles. The van der Waals surface area contributed by atoms with E-state index in [4.69, 9.17) is 0 Å². The first kappa shape index (κ1) is 18.7. The fraction of sp³-hybridized carbons (Fsp3) is 0.0556. The summed E-state index contributed by atoms with van der Waals surface area (Å²) in [5.74, 6) is -0.764. The van der Waals surface area contributed by atoms with Crippen molar-refractivity contribution < 1.29 is 18.0 Å². The molecular formula is C18H15N3O4S2. The van der Waals surface area contributed by atoms with Crippen molar-refractivity contribution in [3.8, 4) is 0 Å². The molecule has 1 amide bonds. The van der Waals surface area contributed by atoms with E-state index in [-0.39, 0.29) is 22.2 Å².